The van der Waals surface area contributed by atoms with Crippen LogP contribution in [-0.2, 0) is 10.0 Å². The number of anilines is 1. The monoisotopic (exact) mass is 435 g/mol. The van der Waals surface area contributed by atoms with Crippen LogP contribution in [0.2, 0.25) is 0 Å². The number of hydrogen-bond acceptors (Lipinski definition) is 6. The zero-order valence-electron chi connectivity index (χ0n) is 13.2. The maximum atomic E-state index is 12.9. The van der Waals surface area contributed by atoms with E-state index in [1.54, 1.807) is 12.1 Å². The first kappa shape index (κ1) is 17.0. The standard InChI is InChI=1S/C17H11BrN2O5S/c18-11-7-12(26(24,25)20(23)8-5-6-8)15(19)14-13(11)16(21)9-3-1-2-4-10(9)17(14)22/h1-4,7-8H,5-6H2,(H-,19,22)/p+1. The van der Waals surface area contributed by atoms with E-state index in [1.807, 2.05) is 0 Å². The van der Waals surface area contributed by atoms with Gasteiger partial charge in [-0.3, -0.25) is 9.59 Å². The van der Waals surface area contributed by atoms with Crippen LogP contribution in [0.3, 0.4) is 0 Å². The van der Waals surface area contributed by atoms with E-state index in [2.05, 4.69) is 15.9 Å². The summed E-state index contributed by atoms with van der Waals surface area (Å²) in [4.78, 5) is 37.3. The summed E-state index contributed by atoms with van der Waals surface area (Å²) in [7, 11) is -4.42. The Morgan fingerprint density at radius 1 is 1.04 bits per heavy atom. The average Bonchev–Trinajstić information content (AvgIpc) is 3.45. The van der Waals surface area contributed by atoms with Crippen LogP contribution in [0.15, 0.2) is 39.7 Å². The molecule has 0 atom stereocenters. The van der Waals surface area contributed by atoms with Crippen molar-refractivity contribution < 1.29 is 22.2 Å². The maximum Gasteiger partial charge on any atom is 0.439 e. The Morgan fingerprint density at radius 2 is 1.58 bits per heavy atom. The molecular weight excluding hydrogens is 424 g/mol. The average molecular weight is 436 g/mol. The number of halogens is 1. The Morgan fingerprint density at radius 3 is 2.12 bits per heavy atom. The molecule has 2 aliphatic rings. The lowest BCUT2D eigenvalue weighted by molar-refractivity contribution is -0.405. The molecule has 132 valence electrons. The molecule has 0 unspecified atom stereocenters. The SMILES string of the molecule is Nc1c(S(=O)(=O)[N+](=O)C2CC2)cc(Br)c2c1C(=O)c1ccccc1C2=O. The van der Waals surface area contributed by atoms with E-state index < -0.39 is 32.5 Å². The number of hydrogen-bond donors (Lipinski definition) is 1. The predicted octanol–water partition coefficient (Wildman–Crippen LogP) is 2.44. The first-order chi connectivity index (χ1) is 12.2. The van der Waals surface area contributed by atoms with Gasteiger partial charge in [0.05, 0.1) is 16.8 Å². The summed E-state index contributed by atoms with van der Waals surface area (Å²) >= 11 is 3.17. The zero-order valence-corrected chi connectivity index (χ0v) is 15.6. The Kier molecular flexibility index (Phi) is 3.64. The van der Waals surface area contributed by atoms with Crippen molar-refractivity contribution in [2.45, 2.75) is 23.8 Å². The number of nitrogens with zero attached hydrogens (tertiary/aromatic N) is 1. The largest absolute Gasteiger partial charge is 0.439 e. The molecular formula is C17H12BrN2O5S+. The zero-order chi connectivity index (χ0) is 18.8. The summed E-state index contributed by atoms with van der Waals surface area (Å²) in [6.07, 6.45) is 0.971. The van der Waals surface area contributed by atoms with E-state index in [0.29, 0.717) is 12.8 Å². The fraction of sp³-hybridized carbons (Fsp3) is 0.176. The molecule has 1 saturated carbocycles. The highest BCUT2D eigenvalue weighted by molar-refractivity contribution is 9.10. The van der Waals surface area contributed by atoms with Crippen molar-refractivity contribution in [3.8, 4) is 0 Å². The second-order valence-electron chi connectivity index (χ2n) is 6.22. The molecule has 0 amide bonds. The summed E-state index contributed by atoms with van der Waals surface area (Å²) in [5.74, 6) is -0.979. The Hall–Kier alpha value is -2.39. The maximum absolute atomic E-state index is 12.9. The van der Waals surface area contributed by atoms with E-state index in [1.165, 1.54) is 12.1 Å². The molecule has 0 spiro atoms. The second-order valence-corrected chi connectivity index (χ2v) is 8.82. The minimum absolute atomic E-state index is 0.00835. The Balaban J connectivity index is 1.99. The number of nitrogens with two attached hydrogens (primary N) is 1. The van der Waals surface area contributed by atoms with Gasteiger partial charge in [-0.2, -0.15) is 8.42 Å². The van der Waals surface area contributed by atoms with Crippen molar-refractivity contribution in [1.29, 1.82) is 0 Å². The Labute approximate surface area is 156 Å². The molecule has 0 bridgehead atoms. The number of ketones is 2. The first-order valence-electron chi connectivity index (χ1n) is 7.77. The number of nitroso groups, excluding NO2 is 1. The van der Waals surface area contributed by atoms with Crippen LogP contribution in [0, 0.1) is 4.91 Å². The van der Waals surface area contributed by atoms with E-state index in [9.17, 15) is 22.9 Å². The third-order valence-electron chi connectivity index (χ3n) is 4.51. The fourth-order valence-electron chi connectivity index (χ4n) is 3.04. The van der Waals surface area contributed by atoms with Crippen molar-refractivity contribution >= 4 is 43.2 Å². The van der Waals surface area contributed by atoms with Crippen LogP contribution < -0.4 is 5.73 Å². The summed E-state index contributed by atoms with van der Waals surface area (Å²) in [6.45, 7) is 0. The topological polar surface area (TPSA) is 114 Å². The van der Waals surface area contributed by atoms with Crippen molar-refractivity contribution in [2.24, 2.45) is 0 Å². The van der Waals surface area contributed by atoms with Crippen LogP contribution in [0.5, 0.6) is 0 Å². The number of fused-ring (bicyclic) bond motifs is 2. The van der Waals surface area contributed by atoms with Crippen LogP contribution >= 0.6 is 15.9 Å². The van der Waals surface area contributed by atoms with E-state index in [-0.39, 0.29) is 36.6 Å². The van der Waals surface area contributed by atoms with E-state index >= 15 is 0 Å². The van der Waals surface area contributed by atoms with Crippen molar-refractivity contribution in [1.82, 2.24) is 0 Å². The van der Waals surface area contributed by atoms with Gasteiger partial charge in [0, 0.05) is 33.3 Å². The normalized spacial score (nSPS) is 16.2. The molecule has 2 aliphatic carbocycles. The van der Waals surface area contributed by atoms with Gasteiger partial charge in [0.1, 0.15) is 4.17 Å². The molecule has 4 rings (SSSR count). The number of nitrogen functional groups attached to an aromatic ring is 1. The van der Waals surface area contributed by atoms with Gasteiger partial charge >= 0.3 is 10.0 Å². The van der Waals surface area contributed by atoms with Gasteiger partial charge < -0.3 is 5.73 Å². The first-order valence-corrected chi connectivity index (χ1v) is 10.0. The number of rotatable bonds is 3. The molecule has 9 heteroatoms. The number of carbonyl (C=O) groups excluding carboxylic acids is 2. The van der Waals surface area contributed by atoms with Crippen molar-refractivity contribution in [3.63, 3.8) is 0 Å². The number of carbonyl (C=O) groups is 2. The summed E-state index contributed by atoms with van der Waals surface area (Å²) in [5.41, 5.74) is 5.81. The molecule has 2 aromatic rings. The van der Waals surface area contributed by atoms with Crippen LogP contribution in [0.1, 0.15) is 44.7 Å². The molecule has 0 aliphatic heterocycles. The molecule has 1 fully saturated rings. The van der Waals surface area contributed by atoms with Crippen LogP contribution in [0.25, 0.3) is 0 Å². The second kappa shape index (κ2) is 5.55. The molecule has 26 heavy (non-hydrogen) atoms. The number of benzene rings is 2. The van der Waals surface area contributed by atoms with E-state index in [4.69, 9.17) is 5.73 Å². The molecule has 0 radical (unpaired) electrons. The highest BCUT2D eigenvalue weighted by Crippen LogP contribution is 2.40. The highest BCUT2D eigenvalue weighted by atomic mass is 79.9. The lowest BCUT2D eigenvalue weighted by Crippen LogP contribution is -2.27. The van der Waals surface area contributed by atoms with Gasteiger partial charge in [-0.15, -0.1) is 0 Å². The minimum Gasteiger partial charge on any atom is -0.397 e. The number of sulfonamides is 1. The van der Waals surface area contributed by atoms with Gasteiger partial charge in [-0.25, -0.2) is 0 Å². The predicted molar refractivity (Wildman–Crippen MR) is 95.7 cm³/mol. The van der Waals surface area contributed by atoms with Crippen molar-refractivity contribution in [3.05, 3.63) is 62.0 Å². The molecule has 2 aromatic carbocycles. The Bertz CT molecular complexity index is 1140. The van der Waals surface area contributed by atoms with Gasteiger partial charge in [-0.05, 0) is 22.0 Å². The molecule has 7 nitrogen and oxygen atoms in total. The van der Waals surface area contributed by atoms with E-state index in [0.717, 1.165) is 6.07 Å². The molecule has 2 N–H and O–H groups in total. The lowest BCUT2D eigenvalue weighted by Gasteiger charge is -2.20. The van der Waals surface area contributed by atoms with Crippen LogP contribution in [0.4, 0.5) is 5.69 Å². The van der Waals surface area contributed by atoms with Gasteiger partial charge in [-0.1, -0.05) is 24.3 Å². The third-order valence-corrected chi connectivity index (χ3v) is 6.80. The molecule has 0 heterocycles. The lowest BCUT2D eigenvalue weighted by atomic mass is 9.83. The molecule has 0 aromatic heterocycles. The quantitative estimate of drug-likeness (QED) is 0.498. The fourth-order valence-corrected chi connectivity index (χ4v) is 5.24. The van der Waals surface area contributed by atoms with Gasteiger partial charge in [0.25, 0.3) is 0 Å². The third kappa shape index (κ3) is 2.27. The smallest absolute Gasteiger partial charge is 0.397 e. The summed E-state index contributed by atoms with van der Waals surface area (Å²) < 4.78 is 25.4. The van der Waals surface area contributed by atoms with Gasteiger partial charge in [0.15, 0.2) is 16.5 Å². The van der Waals surface area contributed by atoms with Crippen LogP contribution in [-0.4, -0.2) is 30.2 Å². The minimum atomic E-state index is -4.42. The summed E-state index contributed by atoms with van der Waals surface area (Å²) in [6, 6.07) is 6.77. The summed E-state index contributed by atoms with van der Waals surface area (Å²) in [5, 5.41) is 0. The van der Waals surface area contributed by atoms with Gasteiger partial charge in [0.2, 0.25) is 6.04 Å². The highest BCUT2D eigenvalue weighted by Gasteiger charge is 2.49. The molecule has 0 saturated heterocycles. The van der Waals surface area contributed by atoms with Crippen molar-refractivity contribution in [2.75, 3.05) is 5.73 Å².